The van der Waals surface area contributed by atoms with E-state index in [1.54, 1.807) is 30.3 Å². The zero-order valence-electron chi connectivity index (χ0n) is 14.4. The average molecular weight is 416 g/mol. The fourth-order valence-corrected chi connectivity index (χ4v) is 2.40. The minimum atomic E-state index is -1.00. The van der Waals surface area contributed by atoms with Crippen molar-refractivity contribution in [1.82, 2.24) is 0 Å². The van der Waals surface area contributed by atoms with Crippen LogP contribution in [0.1, 0.15) is 29.8 Å². The molecular formula is C20H18BrNO4. The summed E-state index contributed by atoms with van der Waals surface area (Å²) < 4.78 is 6.04. The van der Waals surface area contributed by atoms with E-state index < -0.39 is 18.0 Å². The molecule has 6 heteroatoms. The maximum Gasteiger partial charge on any atom is 0.331 e. The summed E-state index contributed by atoms with van der Waals surface area (Å²) in [5.41, 5.74) is 1.62. The predicted molar refractivity (Wildman–Crippen MR) is 104 cm³/mol. The van der Waals surface area contributed by atoms with Gasteiger partial charge in [0, 0.05) is 16.1 Å². The molecule has 0 aliphatic rings. The largest absolute Gasteiger partial charge is 0.449 e. The lowest BCUT2D eigenvalue weighted by atomic mass is 10.1. The van der Waals surface area contributed by atoms with Crippen LogP contribution in [0.2, 0.25) is 0 Å². The number of rotatable bonds is 6. The van der Waals surface area contributed by atoms with E-state index in [-0.39, 0.29) is 5.78 Å². The third kappa shape index (κ3) is 5.67. The zero-order valence-corrected chi connectivity index (χ0v) is 15.9. The third-order valence-corrected chi connectivity index (χ3v) is 4.04. The Balaban J connectivity index is 1.95. The maximum atomic E-state index is 12.2. The van der Waals surface area contributed by atoms with Crippen LogP contribution < -0.4 is 5.32 Å². The molecular weight excluding hydrogens is 398 g/mol. The van der Waals surface area contributed by atoms with Crippen molar-refractivity contribution in [3.05, 3.63) is 70.2 Å². The average Bonchev–Trinajstić information content (AvgIpc) is 2.61. The summed E-state index contributed by atoms with van der Waals surface area (Å²) in [7, 11) is 0. The van der Waals surface area contributed by atoms with Gasteiger partial charge in [-0.1, -0.05) is 40.2 Å². The number of benzene rings is 2. The summed E-state index contributed by atoms with van der Waals surface area (Å²) in [6, 6.07) is 14.0. The number of Topliss-reactive ketones (excluding diaryl/α,β-unsaturated/α-hetero) is 1. The van der Waals surface area contributed by atoms with E-state index in [1.807, 2.05) is 24.3 Å². The Morgan fingerprint density at radius 1 is 1.08 bits per heavy atom. The van der Waals surface area contributed by atoms with Gasteiger partial charge in [0.15, 0.2) is 11.9 Å². The molecule has 2 aromatic carbocycles. The second-order valence-corrected chi connectivity index (χ2v) is 6.47. The molecule has 0 saturated carbocycles. The van der Waals surface area contributed by atoms with Gasteiger partial charge in [0.1, 0.15) is 0 Å². The molecule has 0 aromatic heterocycles. The van der Waals surface area contributed by atoms with Crippen molar-refractivity contribution >= 4 is 45.4 Å². The number of nitrogens with one attached hydrogen (secondary N) is 1. The van der Waals surface area contributed by atoms with Gasteiger partial charge in [0.2, 0.25) is 0 Å². The number of carbonyl (C=O) groups is 3. The number of esters is 1. The highest BCUT2D eigenvalue weighted by atomic mass is 79.9. The lowest BCUT2D eigenvalue weighted by Crippen LogP contribution is -2.30. The number of halogens is 1. The van der Waals surface area contributed by atoms with Crippen LogP contribution in [0.15, 0.2) is 59.1 Å². The molecule has 5 nitrogen and oxygen atoms in total. The van der Waals surface area contributed by atoms with E-state index in [0.29, 0.717) is 11.3 Å². The molecule has 1 unspecified atom stereocenters. The fraction of sp³-hybridized carbons (Fsp3) is 0.150. The quantitative estimate of drug-likeness (QED) is 0.435. The minimum Gasteiger partial charge on any atom is -0.449 e. The van der Waals surface area contributed by atoms with Gasteiger partial charge in [0.25, 0.3) is 5.91 Å². The van der Waals surface area contributed by atoms with Crippen LogP contribution in [0.5, 0.6) is 0 Å². The highest BCUT2D eigenvalue weighted by Gasteiger charge is 2.18. The standard InChI is InChI=1S/C20H18BrNO4/c1-13(23)17-5-3-4-6-18(17)22-20(25)14(2)26-19(24)12-9-15-7-10-16(21)11-8-15/h3-12,14H,1-2H3,(H,22,25)/b12-9+. The molecule has 1 atom stereocenters. The summed E-state index contributed by atoms with van der Waals surface area (Å²) in [6.07, 6.45) is 1.86. The first-order valence-electron chi connectivity index (χ1n) is 7.92. The lowest BCUT2D eigenvalue weighted by Gasteiger charge is -2.14. The summed E-state index contributed by atoms with van der Waals surface area (Å²) in [6.45, 7) is 2.89. The predicted octanol–water partition coefficient (Wildman–Crippen LogP) is 4.24. The summed E-state index contributed by atoms with van der Waals surface area (Å²) in [5, 5.41) is 2.61. The highest BCUT2D eigenvalue weighted by Crippen LogP contribution is 2.16. The van der Waals surface area contributed by atoms with Crippen LogP contribution in [-0.2, 0) is 14.3 Å². The Morgan fingerprint density at radius 2 is 1.73 bits per heavy atom. The van der Waals surface area contributed by atoms with Gasteiger partial charge in [-0.25, -0.2) is 4.79 Å². The van der Waals surface area contributed by atoms with E-state index in [1.165, 1.54) is 19.9 Å². The van der Waals surface area contributed by atoms with Gasteiger partial charge in [0.05, 0.1) is 5.69 Å². The Bertz CT molecular complexity index is 843. The summed E-state index contributed by atoms with van der Waals surface area (Å²) in [5.74, 6) is -1.30. The number of ether oxygens (including phenoxy) is 1. The molecule has 1 amide bonds. The molecule has 0 bridgehead atoms. The molecule has 26 heavy (non-hydrogen) atoms. The van der Waals surface area contributed by atoms with E-state index in [2.05, 4.69) is 21.2 Å². The number of amides is 1. The van der Waals surface area contributed by atoms with Gasteiger partial charge in [-0.3, -0.25) is 9.59 Å². The Hall–Kier alpha value is -2.73. The Kier molecular flexibility index (Phi) is 6.86. The lowest BCUT2D eigenvalue weighted by molar-refractivity contribution is -0.148. The van der Waals surface area contributed by atoms with Gasteiger partial charge < -0.3 is 10.1 Å². The van der Waals surface area contributed by atoms with Crippen molar-refractivity contribution in [3.63, 3.8) is 0 Å². The first kappa shape index (κ1) is 19.6. The van der Waals surface area contributed by atoms with E-state index >= 15 is 0 Å². The molecule has 0 fully saturated rings. The molecule has 1 N–H and O–H groups in total. The van der Waals surface area contributed by atoms with Crippen LogP contribution in [-0.4, -0.2) is 23.8 Å². The molecule has 0 radical (unpaired) electrons. The summed E-state index contributed by atoms with van der Waals surface area (Å²) >= 11 is 3.33. The molecule has 134 valence electrons. The third-order valence-electron chi connectivity index (χ3n) is 3.51. The van der Waals surface area contributed by atoms with Crippen molar-refractivity contribution in [3.8, 4) is 0 Å². The van der Waals surface area contributed by atoms with Crippen LogP contribution in [0.25, 0.3) is 6.08 Å². The van der Waals surface area contributed by atoms with Crippen molar-refractivity contribution in [2.45, 2.75) is 20.0 Å². The first-order chi connectivity index (χ1) is 12.4. The van der Waals surface area contributed by atoms with Crippen molar-refractivity contribution in [1.29, 1.82) is 0 Å². The molecule has 0 aliphatic carbocycles. The molecule has 0 saturated heterocycles. The van der Waals surface area contributed by atoms with Gasteiger partial charge in [-0.2, -0.15) is 0 Å². The maximum absolute atomic E-state index is 12.2. The number of hydrogen-bond donors (Lipinski definition) is 1. The van der Waals surface area contributed by atoms with Crippen LogP contribution in [0, 0.1) is 0 Å². The summed E-state index contributed by atoms with van der Waals surface area (Å²) in [4.78, 5) is 35.7. The van der Waals surface area contributed by atoms with Crippen molar-refractivity contribution in [2.24, 2.45) is 0 Å². The number of ketones is 1. The van der Waals surface area contributed by atoms with Gasteiger partial charge >= 0.3 is 5.97 Å². The monoisotopic (exact) mass is 415 g/mol. The Labute approximate surface area is 160 Å². The van der Waals surface area contributed by atoms with Gasteiger partial charge in [-0.15, -0.1) is 0 Å². The SMILES string of the molecule is CC(=O)c1ccccc1NC(=O)C(C)OC(=O)/C=C/c1ccc(Br)cc1. The second-order valence-electron chi connectivity index (χ2n) is 5.56. The number of para-hydroxylation sites is 1. The first-order valence-corrected chi connectivity index (χ1v) is 8.71. The highest BCUT2D eigenvalue weighted by molar-refractivity contribution is 9.10. The van der Waals surface area contributed by atoms with Gasteiger partial charge in [-0.05, 0) is 49.8 Å². The molecule has 0 aliphatic heterocycles. The number of hydrogen-bond acceptors (Lipinski definition) is 4. The topological polar surface area (TPSA) is 72.5 Å². The number of anilines is 1. The zero-order chi connectivity index (χ0) is 19.1. The molecule has 2 rings (SSSR count). The second kappa shape index (κ2) is 9.10. The minimum absolute atomic E-state index is 0.164. The van der Waals surface area contributed by atoms with Crippen LogP contribution in [0.3, 0.4) is 0 Å². The van der Waals surface area contributed by atoms with E-state index in [4.69, 9.17) is 4.74 Å². The van der Waals surface area contributed by atoms with E-state index in [9.17, 15) is 14.4 Å². The normalized spacial score (nSPS) is 11.8. The number of carbonyl (C=O) groups excluding carboxylic acids is 3. The van der Waals surface area contributed by atoms with Crippen molar-refractivity contribution in [2.75, 3.05) is 5.32 Å². The van der Waals surface area contributed by atoms with Crippen LogP contribution in [0.4, 0.5) is 5.69 Å². The smallest absolute Gasteiger partial charge is 0.331 e. The molecule has 2 aromatic rings. The van der Waals surface area contributed by atoms with E-state index in [0.717, 1.165) is 10.0 Å². The molecule has 0 heterocycles. The fourth-order valence-electron chi connectivity index (χ4n) is 2.14. The van der Waals surface area contributed by atoms with Crippen molar-refractivity contribution < 1.29 is 19.1 Å². The van der Waals surface area contributed by atoms with Crippen LogP contribution >= 0.6 is 15.9 Å². The molecule has 0 spiro atoms. The Morgan fingerprint density at radius 3 is 2.38 bits per heavy atom.